The predicted octanol–water partition coefficient (Wildman–Crippen LogP) is 4.92. The summed E-state index contributed by atoms with van der Waals surface area (Å²) in [5.41, 5.74) is 2.21. The molecule has 1 aliphatic heterocycles. The van der Waals surface area contributed by atoms with E-state index in [9.17, 15) is 8.78 Å². The summed E-state index contributed by atoms with van der Waals surface area (Å²) in [6.45, 7) is 8.41. The van der Waals surface area contributed by atoms with Crippen LogP contribution in [0.5, 0.6) is 0 Å². The van der Waals surface area contributed by atoms with Gasteiger partial charge < -0.3 is 4.90 Å². The quantitative estimate of drug-likeness (QED) is 0.613. The fraction of sp³-hybridized carbons (Fsp3) is 0.520. The second kappa shape index (κ2) is 7.05. The van der Waals surface area contributed by atoms with E-state index in [-0.39, 0.29) is 22.1 Å². The van der Waals surface area contributed by atoms with Crippen LogP contribution in [0.3, 0.4) is 0 Å². The first-order valence-electron chi connectivity index (χ1n) is 11.8. The molecule has 3 atom stereocenters. The van der Waals surface area contributed by atoms with Gasteiger partial charge in [-0.2, -0.15) is 15.2 Å². The van der Waals surface area contributed by atoms with E-state index >= 15 is 0 Å². The van der Waals surface area contributed by atoms with Gasteiger partial charge >= 0.3 is 0 Å². The van der Waals surface area contributed by atoms with Crippen molar-refractivity contribution in [1.82, 2.24) is 25.4 Å². The Morgan fingerprint density at radius 2 is 1.91 bits per heavy atom. The van der Waals surface area contributed by atoms with Crippen LogP contribution in [0.25, 0.3) is 11.3 Å². The van der Waals surface area contributed by atoms with Crippen LogP contribution < -0.4 is 4.90 Å². The average molecular weight is 451 g/mol. The van der Waals surface area contributed by atoms with E-state index in [1.165, 1.54) is 18.2 Å². The van der Waals surface area contributed by atoms with Crippen LogP contribution >= 0.6 is 0 Å². The Bertz CT molecular complexity index is 1220. The molecule has 2 aromatic heterocycles. The largest absolute Gasteiger partial charge is 0.339 e. The summed E-state index contributed by atoms with van der Waals surface area (Å²) < 4.78 is 28.9. The molecule has 2 fully saturated rings. The van der Waals surface area contributed by atoms with Gasteiger partial charge in [0.15, 0.2) is 0 Å². The predicted molar refractivity (Wildman–Crippen MR) is 121 cm³/mol. The number of rotatable bonds is 3. The van der Waals surface area contributed by atoms with Gasteiger partial charge in [-0.3, -0.25) is 5.10 Å². The number of hydrogen-bond acceptors (Lipinski definition) is 5. The molecular weight excluding hydrogens is 422 g/mol. The minimum Gasteiger partial charge on any atom is -0.339 e. The first kappa shape index (κ1) is 20.7. The number of anilines is 1. The van der Waals surface area contributed by atoms with Crippen LogP contribution in [-0.2, 0) is 5.41 Å². The standard InChI is InChI=1S/C25H28F2N6/c1-14-28-23(32-29-14)33-11-5-6-15(13-33)25-10-9-17(24(25,2)3)16-12-20(30-31-22(16)25)21-18(26)7-4-8-19(21)27/h4,7-8,12,15,17H,5-6,9-11,13H2,1-3H3,(H,28,29,32)/t15-,17-,25-/m0/s1. The van der Waals surface area contributed by atoms with Crippen LogP contribution in [0.2, 0.25) is 0 Å². The summed E-state index contributed by atoms with van der Waals surface area (Å²) in [6.07, 6.45) is 4.30. The number of benzene rings is 1. The SMILES string of the molecule is Cc1nc(N2CCC[C@H]([C@@]34CC[C@@H](c5cc(-c6c(F)cccc6F)nnc53)C4(C)C)C2)n[nH]1. The van der Waals surface area contributed by atoms with Gasteiger partial charge in [-0.15, -0.1) is 5.10 Å². The molecular formula is C25H28F2N6. The number of aryl methyl sites for hydroxylation is 1. The van der Waals surface area contributed by atoms with Crippen molar-refractivity contribution in [2.75, 3.05) is 18.0 Å². The number of nitrogens with one attached hydrogen (secondary N) is 1. The van der Waals surface area contributed by atoms with Gasteiger partial charge in [0.05, 0.1) is 17.0 Å². The lowest BCUT2D eigenvalue weighted by atomic mass is 9.59. The maximum absolute atomic E-state index is 14.5. The van der Waals surface area contributed by atoms with E-state index in [2.05, 4.69) is 39.0 Å². The van der Waals surface area contributed by atoms with Crippen molar-refractivity contribution in [3.63, 3.8) is 0 Å². The monoisotopic (exact) mass is 450 g/mol. The fourth-order valence-corrected chi connectivity index (χ4v) is 7.17. The van der Waals surface area contributed by atoms with Crippen molar-refractivity contribution in [2.45, 2.75) is 57.8 Å². The van der Waals surface area contributed by atoms with Crippen molar-refractivity contribution in [3.05, 3.63) is 53.0 Å². The molecule has 0 unspecified atom stereocenters. The number of hydrogen-bond donors (Lipinski definition) is 1. The molecule has 1 saturated heterocycles. The van der Waals surface area contributed by atoms with Crippen LogP contribution in [0.15, 0.2) is 24.3 Å². The van der Waals surface area contributed by atoms with Crippen molar-refractivity contribution in [2.24, 2.45) is 11.3 Å². The zero-order chi connectivity index (χ0) is 23.0. The molecule has 2 aliphatic carbocycles. The van der Waals surface area contributed by atoms with Crippen LogP contribution in [0, 0.1) is 29.9 Å². The third kappa shape index (κ3) is 2.75. The van der Waals surface area contributed by atoms with Crippen LogP contribution in [0.1, 0.15) is 62.5 Å². The highest BCUT2D eigenvalue weighted by atomic mass is 19.1. The Labute approximate surface area is 191 Å². The number of piperidine rings is 1. The van der Waals surface area contributed by atoms with Gasteiger partial charge in [0.2, 0.25) is 5.95 Å². The highest BCUT2D eigenvalue weighted by Crippen LogP contribution is 2.70. The summed E-state index contributed by atoms with van der Waals surface area (Å²) in [7, 11) is 0. The summed E-state index contributed by atoms with van der Waals surface area (Å²) in [6, 6.07) is 5.81. The van der Waals surface area contributed by atoms with Gasteiger partial charge in [0.25, 0.3) is 0 Å². The molecule has 33 heavy (non-hydrogen) atoms. The van der Waals surface area contributed by atoms with E-state index < -0.39 is 11.6 Å². The van der Waals surface area contributed by atoms with Crippen molar-refractivity contribution in [1.29, 1.82) is 0 Å². The molecule has 6 rings (SSSR count). The zero-order valence-electron chi connectivity index (χ0n) is 19.2. The molecule has 6 nitrogen and oxygen atoms in total. The number of halogens is 2. The minimum absolute atomic E-state index is 0.0149. The second-order valence-electron chi connectivity index (χ2n) is 10.4. The van der Waals surface area contributed by atoms with E-state index in [1.54, 1.807) is 0 Å². The topological polar surface area (TPSA) is 70.6 Å². The average Bonchev–Trinajstić information content (AvgIpc) is 3.40. The first-order chi connectivity index (χ1) is 15.8. The molecule has 1 N–H and O–H groups in total. The fourth-order valence-electron chi connectivity index (χ4n) is 7.17. The molecule has 8 heteroatoms. The number of nitrogens with zero attached hydrogens (tertiary/aromatic N) is 5. The smallest absolute Gasteiger partial charge is 0.244 e. The maximum Gasteiger partial charge on any atom is 0.244 e. The van der Waals surface area contributed by atoms with Crippen molar-refractivity contribution in [3.8, 4) is 11.3 Å². The molecule has 3 aromatic rings. The lowest BCUT2D eigenvalue weighted by Crippen LogP contribution is -2.50. The number of aromatic amines is 1. The Kier molecular flexibility index (Phi) is 4.42. The van der Waals surface area contributed by atoms with Crippen LogP contribution in [0.4, 0.5) is 14.7 Å². The minimum atomic E-state index is -0.605. The molecule has 1 saturated carbocycles. The Morgan fingerprint density at radius 3 is 2.64 bits per heavy atom. The molecule has 3 heterocycles. The van der Waals surface area contributed by atoms with E-state index in [0.29, 0.717) is 11.8 Å². The molecule has 0 spiro atoms. The molecule has 0 amide bonds. The third-order valence-corrected chi connectivity index (χ3v) is 8.68. The van der Waals surface area contributed by atoms with Gasteiger partial charge in [-0.1, -0.05) is 19.9 Å². The highest BCUT2D eigenvalue weighted by Gasteiger charge is 2.66. The molecule has 1 aromatic carbocycles. The molecule has 2 bridgehead atoms. The van der Waals surface area contributed by atoms with E-state index in [0.717, 1.165) is 61.8 Å². The van der Waals surface area contributed by atoms with Gasteiger partial charge in [0.1, 0.15) is 17.5 Å². The van der Waals surface area contributed by atoms with E-state index in [1.807, 2.05) is 13.0 Å². The lowest BCUT2D eigenvalue weighted by molar-refractivity contribution is 0.112. The summed E-state index contributed by atoms with van der Waals surface area (Å²) in [5.74, 6) is 1.05. The first-order valence-corrected chi connectivity index (χ1v) is 11.8. The lowest BCUT2D eigenvalue weighted by Gasteiger charge is -2.48. The normalized spacial score (nSPS) is 27.7. The van der Waals surface area contributed by atoms with Gasteiger partial charge in [0, 0.05) is 18.5 Å². The third-order valence-electron chi connectivity index (χ3n) is 8.68. The van der Waals surface area contributed by atoms with Crippen molar-refractivity contribution >= 4 is 5.95 Å². The summed E-state index contributed by atoms with van der Waals surface area (Å²) in [4.78, 5) is 6.84. The Balaban J connectivity index is 1.42. The highest BCUT2D eigenvalue weighted by molar-refractivity contribution is 5.63. The van der Waals surface area contributed by atoms with Gasteiger partial charge in [-0.05, 0) is 73.6 Å². The number of fused-ring (bicyclic) bond motifs is 5. The van der Waals surface area contributed by atoms with Gasteiger partial charge in [-0.25, -0.2) is 8.78 Å². The zero-order valence-corrected chi connectivity index (χ0v) is 19.2. The number of H-pyrrole nitrogens is 1. The Hall–Kier alpha value is -2.90. The van der Waals surface area contributed by atoms with E-state index in [4.69, 9.17) is 5.10 Å². The maximum atomic E-state index is 14.5. The summed E-state index contributed by atoms with van der Waals surface area (Å²) >= 11 is 0. The second-order valence-corrected chi connectivity index (χ2v) is 10.4. The Morgan fingerprint density at radius 1 is 1.12 bits per heavy atom. The molecule has 172 valence electrons. The molecule has 0 radical (unpaired) electrons. The molecule has 3 aliphatic rings. The summed E-state index contributed by atoms with van der Waals surface area (Å²) in [5, 5.41) is 16.4. The van der Waals surface area contributed by atoms with Crippen LogP contribution in [-0.4, -0.2) is 38.5 Å². The number of aromatic nitrogens is 5. The van der Waals surface area contributed by atoms with Crippen molar-refractivity contribution < 1.29 is 8.78 Å².